The maximum absolute atomic E-state index is 12.5. The van der Waals surface area contributed by atoms with Crippen LogP contribution in [0.3, 0.4) is 0 Å². The van der Waals surface area contributed by atoms with Crippen molar-refractivity contribution >= 4 is 11.8 Å². The van der Waals surface area contributed by atoms with E-state index in [1.807, 2.05) is 0 Å². The van der Waals surface area contributed by atoms with Crippen LogP contribution in [0.4, 0.5) is 8.78 Å². The molecule has 1 N–H and O–H groups in total. The number of benzene rings is 1. The Labute approximate surface area is 162 Å². The summed E-state index contributed by atoms with van der Waals surface area (Å²) in [4.78, 5) is 29.0. The first-order valence-corrected chi connectivity index (χ1v) is 9.29. The number of amides is 2. The van der Waals surface area contributed by atoms with Crippen LogP contribution in [0.15, 0.2) is 18.2 Å². The van der Waals surface area contributed by atoms with Crippen LogP contribution >= 0.6 is 0 Å². The highest BCUT2D eigenvalue weighted by Gasteiger charge is 2.35. The third-order valence-corrected chi connectivity index (χ3v) is 5.54. The quantitative estimate of drug-likeness (QED) is 0.792. The Hall–Kier alpha value is -2.42. The Balaban J connectivity index is 1.57. The third kappa shape index (κ3) is 4.52. The van der Waals surface area contributed by atoms with E-state index in [1.165, 1.54) is 31.7 Å². The number of carbonyl (C=O) groups excluding carboxylic acids is 2. The van der Waals surface area contributed by atoms with Gasteiger partial charge in [-0.2, -0.15) is 8.78 Å². The van der Waals surface area contributed by atoms with E-state index in [1.54, 1.807) is 4.90 Å². The standard InChI is InChI=1S/C19H25F2N3O4/c1-23-13-4-5-14(23)11-24(8-7-13)17(25)10-22-18(26)12-3-6-15(28-19(20)21)16(9-12)27-2/h3,6,9,13-14,19H,4-5,7-8,10-11H2,1-2H3,(H,22,26). The van der Waals surface area contributed by atoms with Crippen molar-refractivity contribution in [3.8, 4) is 11.5 Å². The molecule has 0 spiro atoms. The van der Waals surface area contributed by atoms with Gasteiger partial charge in [-0.1, -0.05) is 0 Å². The molecular formula is C19H25F2N3O4. The molecule has 2 aliphatic heterocycles. The van der Waals surface area contributed by atoms with Gasteiger partial charge in [-0.25, -0.2) is 0 Å². The number of carbonyl (C=O) groups is 2. The van der Waals surface area contributed by atoms with E-state index in [2.05, 4.69) is 22.0 Å². The molecule has 0 aromatic heterocycles. The number of likely N-dealkylation sites (N-methyl/N-ethyl adjacent to an activating group) is 1. The van der Waals surface area contributed by atoms with E-state index in [9.17, 15) is 18.4 Å². The highest BCUT2D eigenvalue weighted by molar-refractivity contribution is 5.97. The van der Waals surface area contributed by atoms with E-state index in [0.717, 1.165) is 12.8 Å². The molecule has 28 heavy (non-hydrogen) atoms. The van der Waals surface area contributed by atoms with Crippen LogP contribution in [0.1, 0.15) is 29.6 Å². The molecule has 2 bridgehead atoms. The molecular weight excluding hydrogens is 372 g/mol. The van der Waals surface area contributed by atoms with E-state index in [0.29, 0.717) is 25.2 Å². The molecule has 7 nitrogen and oxygen atoms in total. The molecule has 1 aromatic rings. The average Bonchev–Trinajstić information content (AvgIpc) is 2.91. The van der Waals surface area contributed by atoms with E-state index in [-0.39, 0.29) is 29.5 Å². The SMILES string of the molecule is COc1cc(C(=O)NCC(=O)N2CCC3CCC(C2)N3C)ccc1OC(F)F. The molecule has 2 unspecified atom stereocenters. The number of halogens is 2. The van der Waals surface area contributed by atoms with Crippen LogP contribution in [0.25, 0.3) is 0 Å². The molecule has 2 amide bonds. The topological polar surface area (TPSA) is 71.1 Å². The predicted molar refractivity (Wildman–Crippen MR) is 97.7 cm³/mol. The summed E-state index contributed by atoms with van der Waals surface area (Å²) in [6.07, 6.45) is 3.20. The molecule has 3 rings (SSSR count). The first-order chi connectivity index (χ1) is 13.4. The first-order valence-electron chi connectivity index (χ1n) is 9.29. The lowest BCUT2D eigenvalue weighted by Gasteiger charge is -2.26. The summed E-state index contributed by atoms with van der Waals surface area (Å²) in [6.45, 7) is -1.74. The summed E-state index contributed by atoms with van der Waals surface area (Å²) >= 11 is 0. The molecule has 2 fully saturated rings. The summed E-state index contributed by atoms with van der Waals surface area (Å²) in [7, 11) is 3.40. The van der Waals surface area contributed by atoms with Crippen molar-refractivity contribution in [1.29, 1.82) is 0 Å². The van der Waals surface area contributed by atoms with Crippen LogP contribution in [-0.2, 0) is 4.79 Å². The van der Waals surface area contributed by atoms with Crippen molar-refractivity contribution in [3.63, 3.8) is 0 Å². The number of likely N-dealkylation sites (tertiary alicyclic amines) is 1. The molecule has 0 radical (unpaired) electrons. The van der Waals surface area contributed by atoms with Gasteiger partial charge in [0.2, 0.25) is 5.91 Å². The van der Waals surface area contributed by atoms with Gasteiger partial charge in [-0.05, 0) is 44.5 Å². The largest absolute Gasteiger partial charge is 0.493 e. The second-order valence-corrected chi connectivity index (χ2v) is 7.11. The average molecular weight is 397 g/mol. The van der Waals surface area contributed by atoms with Crippen LogP contribution in [-0.4, -0.2) is 74.1 Å². The second-order valence-electron chi connectivity index (χ2n) is 7.11. The van der Waals surface area contributed by atoms with Gasteiger partial charge in [0.05, 0.1) is 13.7 Å². The molecule has 2 atom stereocenters. The summed E-state index contributed by atoms with van der Waals surface area (Å²) in [6, 6.07) is 4.79. The lowest BCUT2D eigenvalue weighted by molar-refractivity contribution is -0.130. The van der Waals surface area contributed by atoms with Crippen molar-refractivity contribution in [2.45, 2.75) is 38.0 Å². The number of rotatable bonds is 6. The zero-order valence-electron chi connectivity index (χ0n) is 16.0. The van der Waals surface area contributed by atoms with Crippen LogP contribution in [0, 0.1) is 0 Å². The van der Waals surface area contributed by atoms with Gasteiger partial charge >= 0.3 is 6.61 Å². The third-order valence-electron chi connectivity index (χ3n) is 5.54. The van der Waals surface area contributed by atoms with Crippen molar-refractivity contribution in [3.05, 3.63) is 23.8 Å². The van der Waals surface area contributed by atoms with Gasteiger partial charge in [-0.3, -0.25) is 14.5 Å². The van der Waals surface area contributed by atoms with Gasteiger partial charge in [0.1, 0.15) is 0 Å². The van der Waals surface area contributed by atoms with Crippen molar-refractivity contribution in [1.82, 2.24) is 15.1 Å². The fourth-order valence-electron chi connectivity index (χ4n) is 3.91. The minimum atomic E-state index is -2.99. The fraction of sp³-hybridized carbons (Fsp3) is 0.579. The smallest absolute Gasteiger partial charge is 0.387 e. The highest BCUT2D eigenvalue weighted by Crippen LogP contribution is 2.30. The van der Waals surface area contributed by atoms with Gasteiger partial charge in [0.15, 0.2) is 11.5 Å². The van der Waals surface area contributed by atoms with E-state index >= 15 is 0 Å². The van der Waals surface area contributed by atoms with Gasteiger partial charge in [-0.15, -0.1) is 0 Å². The minimum absolute atomic E-state index is 0.0193. The van der Waals surface area contributed by atoms with Gasteiger partial charge in [0.25, 0.3) is 5.91 Å². The van der Waals surface area contributed by atoms with Crippen molar-refractivity contribution < 1.29 is 27.8 Å². The van der Waals surface area contributed by atoms with Crippen LogP contribution < -0.4 is 14.8 Å². The number of alkyl halides is 2. The summed E-state index contributed by atoms with van der Waals surface area (Å²) in [5, 5.41) is 2.59. The van der Waals surface area contributed by atoms with Crippen LogP contribution in [0.2, 0.25) is 0 Å². The first kappa shape index (κ1) is 20.3. The number of nitrogens with one attached hydrogen (secondary N) is 1. The molecule has 2 heterocycles. The Morgan fingerprint density at radius 3 is 2.68 bits per heavy atom. The minimum Gasteiger partial charge on any atom is -0.493 e. The van der Waals surface area contributed by atoms with Gasteiger partial charge < -0.3 is 19.7 Å². The Kier molecular flexibility index (Phi) is 6.33. The summed E-state index contributed by atoms with van der Waals surface area (Å²) in [5.41, 5.74) is 0.195. The van der Waals surface area contributed by atoms with Crippen molar-refractivity contribution in [2.24, 2.45) is 0 Å². The summed E-state index contributed by atoms with van der Waals surface area (Å²) < 4.78 is 34.1. The molecule has 9 heteroatoms. The Morgan fingerprint density at radius 1 is 1.21 bits per heavy atom. The van der Waals surface area contributed by atoms with Gasteiger partial charge in [0, 0.05) is 30.7 Å². The molecule has 0 aliphatic carbocycles. The zero-order chi connectivity index (χ0) is 20.3. The molecule has 2 saturated heterocycles. The van der Waals surface area contributed by atoms with E-state index < -0.39 is 12.5 Å². The molecule has 2 aliphatic rings. The molecule has 1 aromatic carbocycles. The zero-order valence-corrected chi connectivity index (χ0v) is 16.0. The Bertz CT molecular complexity index is 731. The second kappa shape index (κ2) is 8.72. The maximum Gasteiger partial charge on any atom is 0.387 e. The number of hydrogen-bond donors (Lipinski definition) is 1. The summed E-state index contributed by atoms with van der Waals surface area (Å²) in [5.74, 6) is -0.748. The number of nitrogens with zero attached hydrogens (tertiary/aromatic N) is 2. The fourth-order valence-corrected chi connectivity index (χ4v) is 3.91. The monoisotopic (exact) mass is 397 g/mol. The van der Waals surface area contributed by atoms with Crippen LogP contribution in [0.5, 0.6) is 11.5 Å². The maximum atomic E-state index is 12.5. The highest BCUT2D eigenvalue weighted by atomic mass is 19.3. The Morgan fingerprint density at radius 2 is 1.96 bits per heavy atom. The molecule has 0 saturated carbocycles. The van der Waals surface area contributed by atoms with E-state index in [4.69, 9.17) is 4.74 Å². The number of fused-ring (bicyclic) bond motifs is 2. The number of ether oxygens (including phenoxy) is 2. The predicted octanol–water partition coefficient (Wildman–Crippen LogP) is 1.72. The van der Waals surface area contributed by atoms with Crippen molar-refractivity contribution in [2.75, 3.05) is 33.8 Å². The lowest BCUT2D eigenvalue weighted by Crippen LogP contribution is -2.44. The molecule has 154 valence electrons. The lowest BCUT2D eigenvalue weighted by atomic mass is 10.1. The number of methoxy groups -OCH3 is 1. The number of hydrogen-bond acceptors (Lipinski definition) is 5. The normalized spacial score (nSPS) is 22.1.